The van der Waals surface area contributed by atoms with Crippen LogP contribution in [0.1, 0.15) is 16.3 Å². The molecule has 10 heteroatoms. The summed E-state index contributed by atoms with van der Waals surface area (Å²) in [6, 6.07) is 2.46. The molecule has 0 aliphatic rings. The van der Waals surface area contributed by atoms with E-state index in [9.17, 15) is 14.9 Å². The van der Waals surface area contributed by atoms with Crippen LogP contribution in [0.5, 0.6) is 0 Å². The van der Waals surface area contributed by atoms with Gasteiger partial charge in [0.1, 0.15) is 11.5 Å². The minimum atomic E-state index is -0.666. The molecule has 0 radical (unpaired) electrons. The van der Waals surface area contributed by atoms with Crippen molar-refractivity contribution in [1.82, 2.24) is 19.7 Å². The summed E-state index contributed by atoms with van der Waals surface area (Å²) < 4.78 is 6.22. The smallest absolute Gasteiger partial charge is 0.356 e. The third-order valence-corrected chi connectivity index (χ3v) is 3.70. The molecule has 2 rings (SSSR count). The number of hydrogen-bond acceptors (Lipinski definition) is 8. The lowest BCUT2D eigenvalue weighted by Crippen LogP contribution is -2.06. The first-order valence-corrected chi connectivity index (χ1v) is 6.53. The van der Waals surface area contributed by atoms with Gasteiger partial charge in [-0.3, -0.25) is 10.1 Å². The van der Waals surface area contributed by atoms with E-state index in [1.807, 2.05) is 0 Å². The van der Waals surface area contributed by atoms with E-state index in [0.717, 1.165) is 11.8 Å². The number of methoxy groups -OCH3 is 1. The first-order chi connectivity index (χ1) is 9.93. The molecular formula is C11H11N5O4S. The number of carbonyl (C=O) groups excluding carboxylic acids is 1. The average molecular weight is 309 g/mol. The van der Waals surface area contributed by atoms with E-state index in [4.69, 9.17) is 0 Å². The summed E-state index contributed by atoms with van der Waals surface area (Å²) in [4.78, 5) is 25.9. The summed E-state index contributed by atoms with van der Waals surface area (Å²) in [7, 11) is 2.94. The number of esters is 1. The van der Waals surface area contributed by atoms with Crippen molar-refractivity contribution < 1.29 is 14.5 Å². The Morgan fingerprint density at radius 3 is 2.67 bits per heavy atom. The minimum absolute atomic E-state index is 0.00973. The highest BCUT2D eigenvalue weighted by Gasteiger charge is 2.22. The Morgan fingerprint density at radius 1 is 1.43 bits per heavy atom. The highest BCUT2D eigenvalue weighted by atomic mass is 32.2. The maximum absolute atomic E-state index is 11.5. The summed E-state index contributed by atoms with van der Waals surface area (Å²) in [6.07, 6.45) is 0. The second-order valence-electron chi connectivity index (χ2n) is 3.96. The predicted molar refractivity (Wildman–Crippen MR) is 72.1 cm³/mol. The van der Waals surface area contributed by atoms with Crippen LogP contribution in [0.15, 0.2) is 22.3 Å². The van der Waals surface area contributed by atoms with Crippen LogP contribution >= 0.6 is 11.8 Å². The van der Waals surface area contributed by atoms with Crippen molar-refractivity contribution in [3.05, 3.63) is 33.8 Å². The van der Waals surface area contributed by atoms with Gasteiger partial charge in [-0.2, -0.15) is 0 Å². The molecule has 0 unspecified atom stereocenters. The number of hydrogen-bond donors (Lipinski definition) is 0. The van der Waals surface area contributed by atoms with E-state index < -0.39 is 10.9 Å². The fraction of sp³-hybridized carbons (Fsp3) is 0.273. The molecular weight excluding hydrogens is 298 g/mol. The molecule has 110 valence electrons. The van der Waals surface area contributed by atoms with E-state index >= 15 is 0 Å². The van der Waals surface area contributed by atoms with E-state index in [0.29, 0.717) is 11.0 Å². The topological polar surface area (TPSA) is 113 Å². The molecule has 9 nitrogen and oxygen atoms in total. The van der Waals surface area contributed by atoms with Gasteiger partial charge in [-0.25, -0.2) is 9.78 Å². The molecule has 0 amide bonds. The predicted octanol–water partition coefficient (Wildman–Crippen LogP) is 1.36. The highest BCUT2D eigenvalue weighted by Crippen LogP contribution is 2.32. The highest BCUT2D eigenvalue weighted by molar-refractivity contribution is 7.99. The SMILES string of the molecule is COC(=O)c1ccc([N+](=O)[O-])c(Sc2nnc(C)n2C)n1. The van der Waals surface area contributed by atoms with Gasteiger partial charge in [-0.1, -0.05) is 0 Å². The number of ether oxygens (including phenoxy) is 1. The van der Waals surface area contributed by atoms with Crippen LogP contribution < -0.4 is 0 Å². The third kappa shape index (κ3) is 2.99. The van der Waals surface area contributed by atoms with Crippen molar-refractivity contribution in [3.8, 4) is 0 Å². The van der Waals surface area contributed by atoms with Gasteiger partial charge in [-0.05, 0) is 24.8 Å². The molecule has 0 atom stereocenters. The Hall–Kier alpha value is -2.49. The normalized spacial score (nSPS) is 10.4. The van der Waals surface area contributed by atoms with Gasteiger partial charge in [0.25, 0.3) is 0 Å². The molecule has 2 heterocycles. The monoisotopic (exact) mass is 309 g/mol. The number of nitrogens with zero attached hydrogens (tertiary/aromatic N) is 5. The lowest BCUT2D eigenvalue weighted by atomic mass is 10.3. The molecule has 0 N–H and O–H groups in total. The summed E-state index contributed by atoms with van der Waals surface area (Å²) in [5.41, 5.74) is -0.224. The molecule has 21 heavy (non-hydrogen) atoms. The molecule has 0 spiro atoms. The van der Waals surface area contributed by atoms with E-state index in [1.54, 1.807) is 18.5 Å². The van der Waals surface area contributed by atoms with Crippen LogP contribution in [0, 0.1) is 17.0 Å². The van der Waals surface area contributed by atoms with Crippen LogP contribution in [0.4, 0.5) is 5.69 Å². The fourth-order valence-corrected chi connectivity index (χ4v) is 2.34. The van der Waals surface area contributed by atoms with Crippen LogP contribution in [-0.4, -0.2) is 37.8 Å². The molecule has 0 aliphatic carbocycles. The van der Waals surface area contributed by atoms with E-state index in [-0.39, 0.29) is 16.4 Å². The van der Waals surface area contributed by atoms with Crippen LogP contribution in [0.2, 0.25) is 0 Å². The zero-order valence-electron chi connectivity index (χ0n) is 11.4. The van der Waals surface area contributed by atoms with Gasteiger partial charge < -0.3 is 9.30 Å². The van der Waals surface area contributed by atoms with Gasteiger partial charge in [0.05, 0.1) is 12.0 Å². The minimum Gasteiger partial charge on any atom is -0.464 e. The largest absolute Gasteiger partial charge is 0.464 e. The Balaban J connectivity index is 2.46. The Bertz CT molecular complexity index is 715. The number of aryl methyl sites for hydroxylation is 1. The molecule has 2 aromatic heterocycles. The average Bonchev–Trinajstić information content (AvgIpc) is 2.78. The van der Waals surface area contributed by atoms with Gasteiger partial charge in [0.15, 0.2) is 10.2 Å². The third-order valence-electron chi connectivity index (χ3n) is 2.67. The summed E-state index contributed by atoms with van der Waals surface area (Å²) in [5.74, 6) is -0.00910. The van der Waals surface area contributed by atoms with Crippen molar-refractivity contribution in [2.75, 3.05) is 7.11 Å². The van der Waals surface area contributed by atoms with Gasteiger partial charge >= 0.3 is 11.7 Å². The van der Waals surface area contributed by atoms with E-state index in [2.05, 4.69) is 19.9 Å². The first-order valence-electron chi connectivity index (χ1n) is 5.71. The lowest BCUT2D eigenvalue weighted by Gasteiger charge is -2.04. The molecule has 2 aromatic rings. The molecule has 0 aliphatic heterocycles. The van der Waals surface area contributed by atoms with Gasteiger partial charge in [-0.15, -0.1) is 10.2 Å². The zero-order valence-corrected chi connectivity index (χ0v) is 12.2. The maximum atomic E-state index is 11.5. The standard InChI is InChI=1S/C11H11N5O4S/c1-6-13-14-11(15(6)2)21-9-8(16(18)19)5-4-7(12-9)10(17)20-3/h4-5H,1-3H3. The van der Waals surface area contributed by atoms with Crippen LogP contribution in [-0.2, 0) is 11.8 Å². The lowest BCUT2D eigenvalue weighted by molar-refractivity contribution is -0.388. The van der Waals surface area contributed by atoms with Crippen LogP contribution in [0.3, 0.4) is 0 Å². The first kappa shape index (κ1) is 14.9. The number of aromatic nitrogens is 4. The number of carbonyl (C=O) groups is 1. The molecule has 0 saturated carbocycles. The maximum Gasteiger partial charge on any atom is 0.356 e. The molecule has 0 bridgehead atoms. The Labute approximate surface area is 123 Å². The molecule has 0 saturated heterocycles. The zero-order chi connectivity index (χ0) is 15.6. The van der Waals surface area contributed by atoms with Crippen molar-refractivity contribution in [1.29, 1.82) is 0 Å². The second-order valence-corrected chi connectivity index (χ2v) is 4.92. The van der Waals surface area contributed by atoms with E-state index in [1.165, 1.54) is 19.2 Å². The van der Waals surface area contributed by atoms with Crippen LogP contribution in [0.25, 0.3) is 0 Å². The molecule has 0 fully saturated rings. The van der Waals surface area contributed by atoms with Crippen molar-refractivity contribution in [3.63, 3.8) is 0 Å². The quantitative estimate of drug-likeness (QED) is 0.472. The van der Waals surface area contributed by atoms with Gasteiger partial charge in [0.2, 0.25) is 0 Å². The molecule has 0 aromatic carbocycles. The van der Waals surface area contributed by atoms with Crippen molar-refractivity contribution in [2.45, 2.75) is 17.1 Å². The van der Waals surface area contributed by atoms with Gasteiger partial charge in [0, 0.05) is 13.1 Å². The summed E-state index contributed by atoms with van der Waals surface area (Å²) >= 11 is 0.961. The van der Waals surface area contributed by atoms with Crippen molar-refractivity contribution in [2.24, 2.45) is 7.05 Å². The van der Waals surface area contributed by atoms with Crippen molar-refractivity contribution >= 4 is 23.4 Å². The number of nitro groups is 1. The number of pyridine rings is 1. The second kappa shape index (κ2) is 5.87. The Morgan fingerprint density at radius 2 is 2.14 bits per heavy atom. The Kier molecular flexibility index (Phi) is 4.17. The fourth-order valence-electron chi connectivity index (χ4n) is 1.43. The summed E-state index contributed by atoms with van der Waals surface area (Å²) in [6.45, 7) is 1.75. The summed E-state index contributed by atoms with van der Waals surface area (Å²) in [5, 5.41) is 19.3. The number of rotatable bonds is 4.